The maximum absolute atomic E-state index is 13.1. The normalized spacial score (nSPS) is 17.6. The first-order valence-corrected chi connectivity index (χ1v) is 8.17. The van der Waals surface area contributed by atoms with Crippen molar-refractivity contribution < 1.29 is 18.6 Å². The van der Waals surface area contributed by atoms with Crippen LogP contribution in [0, 0.1) is 0 Å². The molecule has 1 aliphatic rings. The van der Waals surface area contributed by atoms with Crippen LogP contribution in [0.1, 0.15) is 5.69 Å². The summed E-state index contributed by atoms with van der Waals surface area (Å²) in [5.74, 6) is 1.52. The molecule has 0 saturated carbocycles. The Hall–Kier alpha value is -1.44. The average Bonchev–Trinajstić information content (AvgIpc) is 2.76. The molecule has 0 N–H and O–H groups in total. The second-order valence-corrected chi connectivity index (χ2v) is 6.01. The molecule has 0 aliphatic carbocycles. The minimum Gasteiger partial charge on any atom is -0.468 e. The van der Waals surface area contributed by atoms with Gasteiger partial charge in [0.2, 0.25) is 0 Å². The van der Waals surface area contributed by atoms with Crippen molar-refractivity contribution in [3.05, 3.63) is 34.6 Å². The van der Waals surface area contributed by atoms with Crippen molar-refractivity contribution in [2.75, 3.05) is 27.2 Å². The SMILES string of the molecule is COCOc1ccc(-c2nc(Br)c3n2C[C@@H](CF)OCC3)cc1. The van der Waals surface area contributed by atoms with Crippen LogP contribution in [-0.2, 0) is 22.4 Å². The molecule has 5 nitrogen and oxygen atoms in total. The molecule has 0 saturated heterocycles. The van der Waals surface area contributed by atoms with E-state index in [0.717, 1.165) is 27.4 Å². The quantitative estimate of drug-likeness (QED) is 0.742. The summed E-state index contributed by atoms with van der Waals surface area (Å²) in [4.78, 5) is 4.60. The molecule has 23 heavy (non-hydrogen) atoms. The molecular formula is C16H18BrFN2O3. The number of ether oxygens (including phenoxy) is 3. The number of methoxy groups -OCH3 is 1. The van der Waals surface area contributed by atoms with Crippen molar-refractivity contribution >= 4 is 15.9 Å². The lowest BCUT2D eigenvalue weighted by Gasteiger charge is -2.14. The van der Waals surface area contributed by atoms with Crippen LogP contribution in [0.3, 0.4) is 0 Å². The van der Waals surface area contributed by atoms with Gasteiger partial charge in [0.15, 0.2) is 6.79 Å². The standard InChI is InChI=1S/C16H18BrFN2O3/c1-21-10-23-12-4-2-11(3-5-12)16-19-15(17)14-6-7-22-13(8-18)9-20(14)16/h2-5,13H,6-10H2,1H3/t13-/m1/s1. The summed E-state index contributed by atoms with van der Waals surface area (Å²) in [7, 11) is 1.58. The number of alkyl halides is 1. The van der Waals surface area contributed by atoms with E-state index in [1.54, 1.807) is 7.11 Å². The fraction of sp³-hybridized carbons (Fsp3) is 0.438. The molecule has 0 spiro atoms. The summed E-state index contributed by atoms with van der Waals surface area (Å²) < 4.78 is 31.7. The first-order chi connectivity index (χ1) is 11.2. The van der Waals surface area contributed by atoms with Crippen molar-refractivity contribution in [2.24, 2.45) is 0 Å². The largest absolute Gasteiger partial charge is 0.468 e. The summed E-state index contributed by atoms with van der Waals surface area (Å²) >= 11 is 3.50. The van der Waals surface area contributed by atoms with E-state index < -0.39 is 12.8 Å². The predicted molar refractivity (Wildman–Crippen MR) is 87.3 cm³/mol. The lowest BCUT2D eigenvalue weighted by molar-refractivity contribution is 0.0355. The van der Waals surface area contributed by atoms with Gasteiger partial charge in [0.1, 0.15) is 29.0 Å². The highest BCUT2D eigenvalue weighted by Gasteiger charge is 2.23. The molecule has 1 atom stereocenters. The number of nitrogens with zero attached hydrogens (tertiary/aromatic N) is 2. The molecule has 1 aromatic carbocycles. The van der Waals surface area contributed by atoms with E-state index in [1.165, 1.54) is 0 Å². The van der Waals surface area contributed by atoms with Gasteiger partial charge in [0.25, 0.3) is 0 Å². The third kappa shape index (κ3) is 3.57. The zero-order valence-corrected chi connectivity index (χ0v) is 14.4. The molecule has 0 bridgehead atoms. The molecule has 3 rings (SSSR count). The second kappa shape index (κ2) is 7.42. The van der Waals surface area contributed by atoms with Crippen molar-refractivity contribution in [3.63, 3.8) is 0 Å². The van der Waals surface area contributed by atoms with Gasteiger partial charge >= 0.3 is 0 Å². The summed E-state index contributed by atoms with van der Waals surface area (Å²) in [6.07, 6.45) is 0.277. The molecule has 2 heterocycles. The molecule has 0 fully saturated rings. The molecule has 2 aromatic rings. The number of imidazole rings is 1. The fourth-order valence-electron chi connectivity index (χ4n) is 2.61. The number of hydrogen-bond acceptors (Lipinski definition) is 4. The van der Waals surface area contributed by atoms with Gasteiger partial charge in [-0.25, -0.2) is 9.37 Å². The number of hydrogen-bond donors (Lipinski definition) is 0. The van der Waals surface area contributed by atoms with Gasteiger partial charge in [-0.05, 0) is 40.2 Å². The van der Waals surface area contributed by atoms with Gasteiger partial charge in [0, 0.05) is 19.1 Å². The molecular weight excluding hydrogens is 367 g/mol. The van der Waals surface area contributed by atoms with E-state index in [-0.39, 0.29) is 6.79 Å². The molecule has 0 radical (unpaired) electrons. The van der Waals surface area contributed by atoms with Crippen molar-refractivity contribution in [1.29, 1.82) is 0 Å². The summed E-state index contributed by atoms with van der Waals surface area (Å²) in [6.45, 7) is 0.668. The Morgan fingerprint density at radius 1 is 1.39 bits per heavy atom. The highest BCUT2D eigenvalue weighted by Crippen LogP contribution is 2.29. The number of halogens is 2. The Morgan fingerprint density at radius 2 is 2.17 bits per heavy atom. The Kier molecular flexibility index (Phi) is 5.30. The Bertz CT molecular complexity index is 660. The van der Waals surface area contributed by atoms with Crippen LogP contribution in [0.25, 0.3) is 11.4 Å². The molecule has 1 aliphatic heterocycles. The predicted octanol–water partition coefficient (Wildman–Crippen LogP) is 3.21. The van der Waals surface area contributed by atoms with E-state index in [0.29, 0.717) is 19.6 Å². The highest BCUT2D eigenvalue weighted by atomic mass is 79.9. The molecule has 0 amide bonds. The smallest absolute Gasteiger partial charge is 0.188 e. The van der Waals surface area contributed by atoms with Crippen molar-refractivity contribution in [3.8, 4) is 17.1 Å². The molecule has 1 aromatic heterocycles. The Labute approximate surface area is 142 Å². The monoisotopic (exact) mass is 384 g/mol. The van der Waals surface area contributed by atoms with Crippen LogP contribution in [0.4, 0.5) is 4.39 Å². The Morgan fingerprint density at radius 3 is 2.87 bits per heavy atom. The van der Waals surface area contributed by atoms with Gasteiger partial charge in [-0.1, -0.05) is 0 Å². The van der Waals surface area contributed by atoms with E-state index >= 15 is 0 Å². The number of aromatic nitrogens is 2. The molecule has 7 heteroatoms. The molecule has 124 valence electrons. The lowest BCUT2D eigenvalue weighted by Crippen LogP contribution is -2.21. The highest BCUT2D eigenvalue weighted by molar-refractivity contribution is 9.10. The first-order valence-electron chi connectivity index (χ1n) is 7.37. The minimum absolute atomic E-state index is 0.208. The van der Waals surface area contributed by atoms with Crippen LogP contribution in [0.2, 0.25) is 0 Å². The van der Waals surface area contributed by atoms with Gasteiger partial charge in [-0.2, -0.15) is 0 Å². The van der Waals surface area contributed by atoms with Gasteiger partial charge in [0.05, 0.1) is 18.8 Å². The summed E-state index contributed by atoms with van der Waals surface area (Å²) in [6, 6.07) is 7.60. The lowest BCUT2D eigenvalue weighted by atomic mass is 10.2. The van der Waals surface area contributed by atoms with Crippen LogP contribution in [0.15, 0.2) is 28.9 Å². The number of rotatable bonds is 5. The number of benzene rings is 1. The zero-order chi connectivity index (χ0) is 16.2. The minimum atomic E-state index is -0.502. The first kappa shape index (κ1) is 16.4. The topological polar surface area (TPSA) is 45.5 Å². The van der Waals surface area contributed by atoms with Crippen LogP contribution in [0.5, 0.6) is 5.75 Å². The van der Waals surface area contributed by atoms with Crippen LogP contribution < -0.4 is 4.74 Å². The van der Waals surface area contributed by atoms with Crippen LogP contribution >= 0.6 is 15.9 Å². The number of fused-ring (bicyclic) bond motifs is 1. The van der Waals surface area contributed by atoms with Gasteiger partial charge in [-0.3, -0.25) is 0 Å². The van der Waals surface area contributed by atoms with E-state index in [2.05, 4.69) is 20.9 Å². The third-order valence-corrected chi connectivity index (χ3v) is 4.37. The second-order valence-electron chi connectivity index (χ2n) is 5.26. The maximum atomic E-state index is 13.1. The third-order valence-electron chi connectivity index (χ3n) is 3.73. The maximum Gasteiger partial charge on any atom is 0.188 e. The van der Waals surface area contributed by atoms with E-state index in [9.17, 15) is 4.39 Å². The molecule has 0 unspecified atom stereocenters. The zero-order valence-electron chi connectivity index (χ0n) is 12.8. The van der Waals surface area contributed by atoms with E-state index in [4.69, 9.17) is 14.2 Å². The summed E-state index contributed by atoms with van der Waals surface area (Å²) in [5.41, 5.74) is 1.98. The average molecular weight is 385 g/mol. The fourth-order valence-corrected chi connectivity index (χ4v) is 3.19. The Balaban J connectivity index is 1.91. The summed E-state index contributed by atoms with van der Waals surface area (Å²) in [5, 5.41) is 0. The van der Waals surface area contributed by atoms with Crippen molar-refractivity contribution in [1.82, 2.24) is 9.55 Å². The van der Waals surface area contributed by atoms with Gasteiger partial charge < -0.3 is 18.8 Å². The van der Waals surface area contributed by atoms with Crippen LogP contribution in [-0.4, -0.2) is 42.8 Å². The van der Waals surface area contributed by atoms with Gasteiger partial charge in [-0.15, -0.1) is 0 Å². The van der Waals surface area contributed by atoms with E-state index in [1.807, 2.05) is 28.8 Å². The van der Waals surface area contributed by atoms with Crippen molar-refractivity contribution in [2.45, 2.75) is 19.1 Å².